The van der Waals surface area contributed by atoms with Gasteiger partial charge in [-0.1, -0.05) is 6.92 Å². The molecule has 1 aromatic heterocycles. The van der Waals surface area contributed by atoms with E-state index in [1.807, 2.05) is 6.20 Å². The maximum absolute atomic E-state index is 13.0. The van der Waals surface area contributed by atoms with Crippen LogP contribution in [0.4, 0.5) is 0 Å². The van der Waals surface area contributed by atoms with Crippen molar-refractivity contribution in [1.29, 1.82) is 0 Å². The van der Waals surface area contributed by atoms with Crippen LogP contribution >= 0.6 is 0 Å². The van der Waals surface area contributed by atoms with Gasteiger partial charge in [0.25, 0.3) is 0 Å². The fraction of sp³-hybridized carbons (Fsp3) is 0.714. The molecule has 3 aliphatic rings. The maximum Gasteiger partial charge on any atom is 0.327 e. The number of nitrogens with zero attached hydrogens (tertiary/aromatic N) is 2. The Labute approximate surface area is 176 Å². The topological polar surface area (TPSA) is 119 Å². The van der Waals surface area contributed by atoms with Crippen molar-refractivity contribution in [2.24, 2.45) is 17.8 Å². The van der Waals surface area contributed by atoms with Crippen LogP contribution in [0.2, 0.25) is 0 Å². The van der Waals surface area contributed by atoms with Gasteiger partial charge in [0, 0.05) is 24.8 Å². The van der Waals surface area contributed by atoms with Crippen molar-refractivity contribution < 1.29 is 14.4 Å². The first-order chi connectivity index (χ1) is 14.5. The monoisotopic (exact) mass is 416 g/mol. The zero-order valence-electron chi connectivity index (χ0n) is 17.6. The molecule has 2 aliphatic heterocycles. The molecule has 0 bridgehead atoms. The third-order valence-electron chi connectivity index (χ3n) is 6.88. The van der Waals surface area contributed by atoms with Gasteiger partial charge in [0.2, 0.25) is 5.91 Å². The van der Waals surface area contributed by atoms with E-state index in [2.05, 4.69) is 33.3 Å². The van der Waals surface area contributed by atoms with Gasteiger partial charge < -0.3 is 10.2 Å². The van der Waals surface area contributed by atoms with Crippen LogP contribution in [-0.4, -0.2) is 58.5 Å². The average molecular weight is 417 g/mol. The first kappa shape index (κ1) is 20.8. The molecule has 4 rings (SSSR count). The van der Waals surface area contributed by atoms with Crippen LogP contribution in [0, 0.1) is 17.8 Å². The van der Waals surface area contributed by atoms with Gasteiger partial charge in [-0.25, -0.2) is 0 Å². The number of carbonyl (C=O) groups is 3. The second-order valence-corrected chi connectivity index (χ2v) is 9.07. The number of aromatic amines is 1. The van der Waals surface area contributed by atoms with Gasteiger partial charge in [0.15, 0.2) is 0 Å². The van der Waals surface area contributed by atoms with Crippen LogP contribution in [0.15, 0.2) is 6.20 Å². The largest absolute Gasteiger partial charge is 0.331 e. The summed E-state index contributed by atoms with van der Waals surface area (Å²) >= 11 is 0. The highest BCUT2D eigenvalue weighted by Crippen LogP contribution is 2.34. The summed E-state index contributed by atoms with van der Waals surface area (Å²) in [6.45, 7) is 4.19. The predicted molar refractivity (Wildman–Crippen MR) is 110 cm³/mol. The smallest absolute Gasteiger partial charge is 0.327 e. The number of amides is 3. The molecule has 1 aromatic rings. The second kappa shape index (κ2) is 9.16. The number of hydrogen-bond acceptors (Lipinski definition) is 5. The number of hydrogen-bond donors (Lipinski definition) is 4. The lowest BCUT2D eigenvalue weighted by Gasteiger charge is -2.43. The normalized spacial score (nSPS) is 29.0. The van der Waals surface area contributed by atoms with Crippen LogP contribution in [0.25, 0.3) is 0 Å². The summed E-state index contributed by atoms with van der Waals surface area (Å²) < 4.78 is 0. The van der Waals surface area contributed by atoms with Crippen molar-refractivity contribution in [2.75, 3.05) is 19.6 Å². The Kier molecular flexibility index (Phi) is 6.36. The van der Waals surface area contributed by atoms with Crippen LogP contribution in [0.3, 0.4) is 0 Å². The van der Waals surface area contributed by atoms with Gasteiger partial charge in [0.1, 0.15) is 0 Å². The number of aryl methyl sites for hydroxylation is 1. The number of H-pyrrole nitrogens is 1. The fourth-order valence-corrected chi connectivity index (χ4v) is 5.15. The van der Waals surface area contributed by atoms with Crippen molar-refractivity contribution in [3.63, 3.8) is 0 Å². The molecule has 2 saturated heterocycles. The number of nitrogens with one attached hydrogen (secondary N) is 4. The Morgan fingerprint density at radius 3 is 2.83 bits per heavy atom. The van der Waals surface area contributed by atoms with E-state index >= 15 is 0 Å². The molecule has 0 saturated carbocycles. The van der Waals surface area contributed by atoms with Gasteiger partial charge in [-0.05, 0) is 68.9 Å². The van der Waals surface area contributed by atoms with E-state index in [0.717, 1.165) is 51.5 Å². The minimum absolute atomic E-state index is 0.0424. The van der Waals surface area contributed by atoms with Crippen LogP contribution in [0.5, 0.6) is 0 Å². The third-order valence-corrected chi connectivity index (χ3v) is 6.88. The average Bonchev–Trinajstić information content (AvgIpc) is 3.25. The van der Waals surface area contributed by atoms with Crippen molar-refractivity contribution in [1.82, 2.24) is 31.3 Å². The van der Waals surface area contributed by atoms with Gasteiger partial charge in [-0.15, -0.1) is 0 Å². The van der Waals surface area contributed by atoms with E-state index in [4.69, 9.17) is 0 Å². The van der Waals surface area contributed by atoms with E-state index in [1.54, 1.807) is 4.90 Å². The van der Waals surface area contributed by atoms with Gasteiger partial charge in [-0.2, -0.15) is 5.10 Å². The van der Waals surface area contributed by atoms with Crippen LogP contribution in [0.1, 0.15) is 50.3 Å². The number of carbonyl (C=O) groups excluding carboxylic acids is 3. The number of rotatable bonds is 2. The summed E-state index contributed by atoms with van der Waals surface area (Å²) in [5, 5.41) is 10.4. The summed E-state index contributed by atoms with van der Waals surface area (Å²) in [4.78, 5) is 39.6. The lowest BCUT2D eigenvalue weighted by molar-refractivity contribution is -0.151. The van der Waals surface area contributed by atoms with E-state index in [-0.39, 0.29) is 17.9 Å². The van der Waals surface area contributed by atoms with Crippen LogP contribution in [-0.2, 0) is 27.2 Å². The van der Waals surface area contributed by atoms with Crippen LogP contribution < -0.4 is 16.2 Å². The maximum atomic E-state index is 13.0. The molecule has 4 unspecified atom stereocenters. The Morgan fingerprint density at radius 1 is 1.17 bits per heavy atom. The van der Waals surface area contributed by atoms with Gasteiger partial charge in [-0.3, -0.25) is 30.3 Å². The van der Waals surface area contributed by atoms with Crippen molar-refractivity contribution in [3.8, 4) is 0 Å². The number of likely N-dealkylation sites (tertiary alicyclic amines) is 1. The molecule has 3 heterocycles. The summed E-state index contributed by atoms with van der Waals surface area (Å²) in [7, 11) is 0. The summed E-state index contributed by atoms with van der Waals surface area (Å²) in [5.41, 5.74) is 7.21. The molecule has 0 aromatic carbocycles. The predicted octanol–water partition coefficient (Wildman–Crippen LogP) is 0.289. The molecule has 4 atom stereocenters. The van der Waals surface area contributed by atoms with Crippen molar-refractivity contribution in [3.05, 3.63) is 17.5 Å². The number of fused-ring (bicyclic) bond motifs is 1. The lowest BCUT2D eigenvalue weighted by Crippen LogP contribution is -2.57. The SMILES string of the molecule is CC1CCC(C2CCc3[nH]ncc3C2)N(C(=O)C(=O)NNC(=O)C2CCCNC2)C1. The quantitative estimate of drug-likeness (QED) is 0.408. The number of aromatic nitrogens is 2. The molecule has 30 heavy (non-hydrogen) atoms. The molecule has 1 aliphatic carbocycles. The zero-order valence-corrected chi connectivity index (χ0v) is 17.6. The first-order valence-electron chi connectivity index (χ1n) is 11.2. The summed E-state index contributed by atoms with van der Waals surface area (Å²) in [6, 6.07) is 0.0424. The summed E-state index contributed by atoms with van der Waals surface area (Å²) in [6.07, 6.45) is 8.32. The van der Waals surface area contributed by atoms with E-state index in [9.17, 15) is 14.4 Å². The Hall–Kier alpha value is -2.42. The second-order valence-electron chi connectivity index (χ2n) is 9.07. The molecule has 4 N–H and O–H groups in total. The molecule has 0 spiro atoms. The van der Waals surface area contributed by atoms with E-state index in [0.29, 0.717) is 24.9 Å². The molecule has 164 valence electrons. The number of piperidine rings is 2. The molecule has 9 nitrogen and oxygen atoms in total. The highest BCUT2D eigenvalue weighted by Gasteiger charge is 2.39. The Morgan fingerprint density at radius 2 is 2.03 bits per heavy atom. The minimum atomic E-state index is -0.758. The molecule has 2 fully saturated rings. The van der Waals surface area contributed by atoms with Crippen molar-refractivity contribution >= 4 is 17.7 Å². The highest BCUT2D eigenvalue weighted by molar-refractivity contribution is 6.35. The Balaban J connectivity index is 1.37. The third kappa shape index (κ3) is 4.50. The van der Waals surface area contributed by atoms with E-state index in [1.165, 1.54) is 11.3 Å². The molecular formula is C21H32N6O3. The minimum Gasteiger partial charge on any atom is -0.331 e. The highest BCUT2D eigenvalue weighted by atomic mass is 16.2. The molecule has 0 radical (unpaired) electrons. The van der Waals surface area contributed by atoms with Crippen molar-refractivity contribution in [2.45, 2.75) is 57.9 Å². The molecule has 9 heteroatoms. The standard InChI is InChI=1S/C21H32N6O3/c1-13-4-7-18(14-5-6-17-16(9-14)11-23-24-17)27(12-13)21(30)20(29)26-25-19(28)15-3-2-8-22-10-15/h11,13-15,18,22H,2-10,12H2,1H3,(H,23,24)(H,25,28)(H,26,29). The Bertz CT molecular complexity index is 787. The van der Waals surface area contributed by atoms with Gasteiger partial charge >= 0.3 is 11.8 Å². The zero-order chi connectivity index (χ0) is 21.1. The first-order valence-corrected chi connectivity index (χ1v) is 11.2. The number of hydrazine groups is 1. The molecule has 3 amide bonds. The summed E-state index contributed by atoms with van der Waals surface area (Å²) in [5.74, 6) is -1.05. The van der Waals surface area contributed by atoms with Gasteiger partial charge in [0.05, 0.1) is 12.1 Å². The molecular weight excluding hydrogens is 384 g/mol. The fourth-order valence-electron chi connectivity index (χ4n) is 5.15. The lowest BCUT2D eigenvalue weighted by atomic mass is 9.78. The van der Waals surface area contributed by atoms with E-state index < -0.39 is 11.8 Å².